The highest BCUT2D eigenvalue weighted by atomic mass is 35.5. The number of amides is 1. The fourth-order valence-corrected chi connectivity index (χ4v) is 3.15. The Morgan fingerprint density at radius 2 is 1.85 bits per heavy atom. The Bertz CT molecular complexity index is 1160. The van der Waals surface area contributed by atoms with E-state index in [1.165, 1.54) is 7.05 Å². The number of benzene rings is 2. The molecule has 0 aliphatic rings. The van der Waals surface area contributed by atoms with Crippen LogP contribution in [0.25, 0.3) is 33.4 Å². The normalized spacial score (nSPS) is 10.9. The lowest BCUT2D eigenvalue weighted by atomic mass is 10.0. The number of nitrogens with zero attached hydrogens (tertiary/aromatic N) is 3. The first-order chi connectivity index (χ1) is 13.1. The Kier molecular flexibility index (Phi) is 4.21. The van der Waals surface area contributed by atoms with E-state index in [2.05, 4.69) is 25.5 Å². The largest absolute Gasteiger partial charge is 0.382 e. The van der Waals surface area contributed by atoms with Gasteiger partial charge in [-0.2, -0.15) is 5.10 Å². The van der Waals surface area contributed by atoms with Gasteiger partial charge in [-0.05, 0) is 12.1 Å². The van der Waals surface area contributed by atoms with E-state index in [1.54, 1.807) is 12.3 Å². The van der Waals surface area contributed by atoms with Crippen LogP contribution in [0.3, 0.4) is 0 Å². The Labute approximate surface area is 159 Å². The fourth-order valence-electron chi connectivity index (χ4n) is 2.88. The van der Waals surface area contributed by atoms with Crippen molar-refractivity contribution < 1.29 is 4.79 Å². The summed E-state index contributed by atoms with van der Waals surface area (Å²) in [6, 6.07) is 13.2. The lowest BCUT2D eigenvalue weighted by Gasteiger charge is -2.13. The van der Waals surface area contributed by atoms with Crippen LogP contribution in [0.1, 0.15) is 10.5 Å². The molecule has 2 aromatic heterocycles. The van der Waals surface area contributed by atoms with Gasteiger partial charge in [-0.25, -0.2) is 9.97 Å². The summed E-state index contributed by atoms with van der Waals surface area (Å²) in [5.74, 6) is -0.344. The number of hydrogen-bond donors (Lipinski definition) is 3. The van der Waals surface area contributed by atoms with Gasteiger partial charge in [-0.1, -0.05) is 41.9 Å². The summed E-state index contributed by atoms with van der Waals surface area (Å²) in [4.78, 5) is 21.2. The van der Waals surface area contributed by atoms with E-state index < -0.39 is 5.91 Å². The van der Waals surface area contributed by atoms with Crippen molar-refractivity contribution in [2.24, 2.45) is 0 Å². The number of carbonyl (C=O) groups excluding carboxylic acids is 1. The highest BCUT2D eigenvalue weighted by molar-refractivity contribution is 6.35. The third-order valence-corrected chi connectivity index (χ3v) is 4.48. The first-order valence-electron chi connectivity index (χ1n) is 8.16. The van der Waals surface area contributed by atoms with Crippen LogP contribution in [-0.2, 0) is 0 Å². The summed E-state index contributed by atoms with van der Waals surface area (Å²) in [7, 11) is 1.52. The van der Waals surface area contributed by atoms with Gasteiger partial charge in [0.05, 0.1) is 28.1 Å². The Hall–Kier alpha value is -3.45. The van der Waals surface area contributed by atoms with Crippen LogP contribution in [-0.4, -0.2) is 33.1 Å². The third-order valence-electron chi connectivity index (χ3n) is 4.19. The number of nitrogens with one attached hydrogen (secondary N) is 2. The molecule has 7 nitrogen and oxygen atoms in total. The lowest BCUT2D eigenvalue weighted by Crippen LogP contribution is -2.22. The molecule has 0 spiro atoms. The van der Waals surface area contributed by atoms with Crippen molar-refractivity contribution >= 4 is 34.2 Å². The van der Waals surface area contributed by atoms with E-state index in [0.29, 0.717) is 22.0 Å². The molecule has 0 radical (unpaired) electrons. The van der Waals surface area contributed by atoms with Crippen LogP contribution in [0.5, 0.6) is 0 Å². The van der Waals surface area contributed by atoms with Gasteiger partial charge in [-0.15, -0.1) is 0 Å². The zero-order valence-electron chi connectivity index (χ0n) is 14.3. The maximum Gasteiger partial charge on any atom is 0.273 e. The predicted molar refractivity (Wildman–Crippen MR) is 105 cm³/mol. The molecule has 0 unspecified atom stereocenters. The van der Waals surface area contributed by atoms with Crippen LogP contribution in [0, 0.1) is 0 Å². The number of aromatic nitrogens is 4. The van der Waals surface area contributed by atoms with E-state index in [1.807, 2.05) is 36.4 Å². The van der Waals surface area contributed by atoms with E-state index in [-0.39, 0.29) is 11.5 Å². The van der Waals surface area contributed by atoms with Gasteiger partial charge in [0.15, 0.2) is 11.5 Å². The molecule has 0 fully saturated rings. The standard InChI is InChI=1S/C19H15ClN6O/c1-22-19(27)17-18(21)25-15(10-5-3-2-4-6-10)16(24-17)11-7-12-9-23-26-14(12)13(20)8-11/h2-9H,1H3,(H2,21,25)(H,22,27)(H,23,26). The van der Waals surface area contributed by atoms with Crippen molar-refractivity contribution in [2.45, 2.75) is 0 Å². The average Bonchev–Trinajstić information content (AvgIpc) is 3.17. The SMILES string of the molecule is CNC(=O)c1nc(-c2cc(Cl)c3[nH]ncc3c2)c(-c2ccccc2)nc1N. The van der Waals surface area contributed by atoms with Gasteiger partial charge < -0.3 is 11.1 Å². The zero-order valence-corrected chi connectivity index (χ0v) is 15.1. The molecular weight excluding hydrogens is 364 g/mol. The Morgan fingerprint density at radius 3 is 2.59 bits per heavy atom. The summed E-state index contributed by atoms with van der Waals surface area (Å²) in [5, 5.41) is 10.7. The molecule has 134 valence electrons. The molecule has 0 aliphatic carbocycles. The van der Waals surface area contributed by atoms with Gasteiger partial charge in [-0.3, -0.25) is 9.89 Å². The lowest BCUT2D eigenvalue weighted by molar-refractivity contribution is 0.0959. The Morgan fingerprint density at radius 1 is 1.11 bits per heavy atom. The number of hydrogen-bond acceptors (Lipinski definition) is 5. The summed E-state index contributed by atoms with van der Waals surface area (Å²) < 4.78 is 0. The number of nitrogen functional groups attached to an aromatic ring is 1. The molecule has 4 N–H and O–H groups in total. The van der Waals surface area contributed by atoms with Crippen molar-refractivity contribution in [1.29, 1.82) is 0 Å². The van der Waals surface area contributed by atoms with E-state index in [9.17, 15) is 4.79 Å². The molecule has 0 bridgehead atoms. The van der Waals surface area contributed by atoms with E-state index >= 15 is 0 Å². The molecule has 4 rings (SSSR count). The van der Waals surface area contributed by atoms with Crippen LogP contribution < -0.4 is 11.1 Å². The second kappa shape index (κ2) is 6.69. The minimum atomic E-state index is -0.406. The highest BCUT2D eigenvalue weighted by Gasteiger charge is 2.20. The second-order valence-electron chi connectivity index (χ2n) is 5.89. The molecule has 4 aromatic rings. The average molecular weight is 379 g/mol. The monoisotopic (exact) mass is 378 g/mol. The number of anilines is 1. The zero-order chi connectivity index (χ0) is 19.0. The molecule has 2 heterocycles. The molecular formula is C19H15ClN6O. The molecule has 1 amide bonds. The van der Waals surface area contributed by atoms with Crippen molar-refractivity contribution in [3.8, 4) is 22.5 Å². The number of carbonyl (C=O) groups is 1. The van der Waals surface area contributed by atoms with Crippen molar-refractivity contribution in [1.82, 2.24) is 25.5 Å². The Balaban J connectivity index is 2.02. The number of rotatable bonds is 3. The fraction of sp³-hybridized carbons (Fsp3) is 0.0526. The molecule has 0 saturated carbocycles. The predicted octanol–water partition coefficient (Wildman–Crippen LogP) is 3.28. The maximum absolute atomic E-state index is 12.2. The van der Waals surface area contributed by atoms with Gasteiger partial charge in [0.25, 0.3) is 5.91 Å². The smallest absolute Gasteiger partial charge is 0.273 e. The first kappa shape index (κ1) is 17.0. The quantitative estimate of drug-likeness (QED) is 0.506. The first-order valence-corrected chi connectivity index (χ1v) is 8.54. The number of fused-ring (bicyclic) bond motifs is 1. The van der Waals surface area contributed by atoms with Crippen LogP contribution in [0.4, 0.5) is 5.82 Å². The summed E-state index contributed by atoms with van der Waals surface area (Å²) in [6.07, 6.45) is 1.68. The van der Waals surface area contributed by atoms with Crippen LogP contribution in [0.2, 0.25) is 5.02 Å². The number of nitrogens with two attached hydrogens (primary N) is 1. The van der Waals surface area contributed by atoms with Gasteiger partial charge in [0.2, 0.25) is 0 Å². The molecule has 0 aliphatic heterocycles. The van der Waals surface area contributed by atoms with Crippen LogP contribution >= 0.6 is 11.6 Å². The molecule has 27 heavy (non-hydrogen) atoms. The van der Waals surface area contributed by atoms with Crippen molar-refractivity contribution in [3.05, 3.63) is 59.4 Å². The minimum Gasteiger partial charge on any atom is -0.382 e. The molecule has 0 atom stereocenters. The van der Waals surface area contributed by atoms with E-state index in [4.69, 9.17) is 17.3 Å². The number of H-pyrrole nitrogens is 1. The van der Waals surface area contributed by atoms with Crippen molar-refractivity contribution in [2.75, 3.05) is 12.8 Å². The van der Waals surface area contributed by atoms with Gasteiger partial charge in [0.1, 0.15) is 0 Å². The molecule has 8 heteroatoms. The van der Waals surface area contributed by atoms with Crippen LogP contribution in [0.15, 0.2) is 48.7 Å². The van der Waals surface area contributed by atoms with Gasteiger partial charge in [0, 0.05) is 23.6 Å². The summed E-state index contributed by atoms with van der Waals surface area (Å²) in [6.45, 7) is 0. The highest BCUT2D eigenvalue weighted by Crippen LogP contribution is 2.34. The molecule has 2 aromatic carbocycles. The number of halogens is 1. The van der Waals surface area contributed by atoms with Crippen molar-refractivity contribution in [3.63, 3.8) is 0 Å². The second-order valence-corrected chi connectivity index (χ2v) is 6.30. The summed E-state index contributed by atoms with van der Waals surface area (Å²) in [5.41, 5.74) is 9.44. The topological polar surface area (TPSA) is 110 Å². The maximum atomic E-state index is 12.2. The third kappa shape index (κ3) is 2.98. The minimum absolute atomic E-state index is 0.0624. The molecule has 0 saturated heterocycles. The summed E-state index contributed by atoms with van der Waals surface area (Å²) >= 11 is 6.39. The van der Waals surface area contributed by atoms with E-state index in [0.717, 1.165) is 16.5 Å². The van der Waals surface area contributed by atoms with Gasteiger partial charge >= 0.3 is 0 Å². The number of aromatic amines is 1.